The first kappa shape index (κ1) is 13.0. The van der Waals surface area contributed by atoms with E-state index in [9.17, 15) is 9.59 Å². The number of carbonyl (C=O) groups is 2. The van der Waals surface area contributed by atoms with Gasteiger partial charge in [-0.25, -0.2) is 4.79 Å². The van der Waals surface area contributed by atoms with Crippen LogP contribution in [-0.4, -0.2) is 44.2 Å². The van der Waals surface area contributed by atoms with E-state index in [1.807, 2.05) is 0 Å². The lowest BCUT2D eigenvalue weighted by atomic mass is 10.1. The van der Waals surface area contributed by atoms with Crippen LogP contribution in [0, 0.1) is 0 Å². The van der Waals surface area contributed by atoms with Gasteiger partial charge in [0.2, 0.25) is 0 Å². The summed E-state index contributed by atoms with van der Waals surface area (Å²) in [7, 11) is 2.76. The lowest BCUT2D eigenvalue weighted by molar-refractivity contribution is 0.0596. The van der Waals surface area contributed by atoms with Gasteiger partial charge in [-0.1, -0.05) is 0 Å². The number of nitrogen functional groups attached to an aromatic ring is 1. The van der Waals surface area contributed by atoms with Gasteiger partial charge in [0.05, 0.1) is 24.8 Å². The molecule has 0 unspecified atom stereocenters. The molecule has 1 aromatic heterocycles. The van der Waals surface area contributed by atoms with Gasteiger partial charge in [-0.05, 0) is 0 Å². The molecule has 7 nitrogen and oxygen atoms in total. The lowest BCUT2D eigenvalue weighted by Crippen LogP contribution is -2.28. The Bertz CT molecular complexity index is 414. The third kappa shape index (κ3) is 2.97. The van der Waals surface area contributed by atoms with Gasteiger partial charge in [0.25, 0.3) is 5.91 Å². The Kier molecular flexibility index (Phi) is 4.53. The van der Waals surface area contributed by atoms with Gasteiger partial charge in [0, 0.05) is 19.9 Å². The number of hydrogen-bond donors (Lipinski definition) is 3. The van der Waals surface area contributed by atoms with Crippen molar-refractivity contribution in [2.75, 3.05) is 33.1 Å². The van der Waals surface area contributed by atoms with E-state index in [-0.39, 0.29) is 16.9 Å². The third-order valence-electron chi connectivity index (χ3n) is 2.13. The van der Waals surface area contributed by atoms with Crippen molar-refractivity contribution < 1.29 is 19.1 Å². The molecule has 0 saturated heterocycles. The molecule has 0 aliphatic carbocycles. The molecule has 1 rings (SSSR count). The standard InChI is InChI=1S/C10H15N3O4/c1-16-4-3-12-9(14)7-6(10(15)17-2)5-13-8(7)11/h5,13H,3-4,11H2,1-2H3,(H,12,14). The highest BCUT2D eigenvalue weighted by Gasteiger charge is 2.22. The number of amides is 1. The highest BCUT2D eigenvalue weighted by molar-refractivity contribution is 6.08. The van der Waals surface area contributed by atoms with Crippen LogP contribution in [0.15, 0.2) is 6.20 Å². The number of H-pyrrole nitrogens is 1. The summed E-state index contributed by atoms with van der Waals surface area (Å²) >= 11 is 0. The van der Waals surface area contributed by atoms with Crippen molar-refractivity contribution in [2.45, 2.75) is 0 Å². The number of methoxy groups -OCH3 is 2. The first-order valence-corrected chi connectivity index (χ1v) is 4.94. The number of aromatic nitrogens is 1. The minimum Gasteiger partial charge on any atom is -0.465 e. The van der Waals surface area contributed by atoms with Crippen LogP contribution >= 0.6 is 0 Å². The molecule has 0 spiro atoms. The minimum absolute atomic E-state index is 0.0907. The summed E-state index contributed by atoms with van der Waals surface area (Å²) in [5.41, 5.74) is 5.79. The summed E-state index contributed by atoms with van der Waals surface area (Å²) in [6, 6.07) is 0. The molecule has 0 saturated carbocycles. The second-order valence-corrected chi connectivity index (χ2v) is 3.23. The number of anilines is 1. The summed E-state index contributed by atoms with van der Waals surface area (Å²) in [4.78, 5) is 25.8. The molecule has 17 heavy (non-hydrogen) atoms. The maximum atomic E-state index is 11.8. The average Bonchev–Trinajstić information content (AvgIpc) is 2.70. The first-order valence-electron chi connectivity index (χ1n) is 4.94. The monoisotopic (exact) mass is 241 g/mol. The van der Waals surface area contributed by atoms with Crippen molar-refractivity contribution >= 4 is 17.7 Å². The Hall–Kier alpha value is -2.02. The molecule has 0 aromatic carbocycles. The summed E-state index contributed by atoms with van der Waals surface area (Å²) in [6.07, 6.45) is 1.34. The Morgan fingerprint density at radius 1 is 1.47 bits per heavy atom. The van der Waals surface area contributed by atoms with Crippen molar-refractivity contribution in [3.8, 4) is 0 Å². The SMILES string of the molecule is COCCNC(=O)c1c(C(=O)OC)c[nH]c1N. The smallest absolute Gasteiger partial charge is 0.340 e. The van der Waals surface area contributed by atoms with E-state index < -0.39 is 11.9 Å². The molecule has 4 N–H and O–H groups in total. The summed E-state index contributed by atoms with van der Waals surface area (Å²) < 4.78 is 9.34. The quantitative estimate of drug-likeness (QED) is 0.487. The summed E-state index contributed by atoms with van der Waals surface area (Å²) in [5.74, 6) is -0.934. The first-order chi connectivity index (χ1) is 8.11. The normalized spacial score (nSPS) is 10.0. The fraction of sp³-hybridized carbons (Fsp3) is 0.400. The average molecular weight is 241 g/mol. The van der Waals surface area contributed by atoms with E-state index >= 15 is 0 Å². The van der Waals surface area contributed by atoms with Crippen molar-refractivity contribution in [3.05, 3.63) is 17.3 Å². The zero-order chi connectivity index (χ0) is 12.8. The van der Waals surface area contributed by atoms with Crippen LogP contribution in [0.4, 0.5) is 5.82 Å². The van der Waals surface area contributed by atoms with Gasteiger partial charge in [0.1, 0.15) is 5.82 Å². The van der Waals surface area contributed by atoms with Crippen molar-refractivity contribution in [3.63, 3.8) is 0 Å². The van der Waals surface area contributed by atoms with Crippen LogP contribution in [-0.2, 0) is 9.47 Å². The number of nitrogens with one attached hydrogen (secondary N) is 2. The van der Waals surface area contributed by atoms with Crippen LogP contribution in [0.2, 0.25) is 0 Å². The van der Waals surface area contributed by atoms with Gasteiger partial charge in [-0.3, -0.25) is 4.79 Å². The predicted molar refractivity (Wildman–Crippen MR) is 60.8 cm³/mol. The van der Waals surface area contributed by atoms with E-state index in [1.165, 1.54) is 20.4 Å². The number of aromatic amines is 1. The molecule has 0 aliphatic rings. The molecule has 0 radical (unpaired) electrons. The molecular formula is C10H15N3O4. The molecule has 7 heteroatoms. The van der Waals surface area contributed by atoms with E-state index in [2.05, 4.69) is 15.0 Å². The Morgan fingerprint density at radius 3 is 2.76 bits per heavy atom. The summed E-state index contributed by atoms with van der Waals surface area (Å²) in [6.45, 7) is 0.712. The molecule has 0 atom stereocenters. The number of carbonyl (C=O) groups excluding carboxylic acids is 2. The third-order valence-corrected chi connectivity index (χ3v) is 2.13. The van der Waals surface area contributed by atoms with Crippen LogP contribution in [0.5, 0.6) is 0 Å². The van der Waals surface area contributed by atoms with Crippen molar-refractivity contribution in [2.24, 2.45) is 0 Å². The van der Waals surface area contributed by atoms with Crippen molar-refractivity contribution in [1.82, 2.24) is 10.3 Å². The zero-order valence-corrected chi connectivity index (χ0v) is 9.70. The van der Waals surface area contributed by atoms with Crippen LogP contribution in [0.25, 0.3) is 0 Å². The van der Waals surface area contributed by atoms with Crippen molar-refractivity contribution in [1.29, 1.82) is 0 Å². The Morgan fingerprint density at radius 2 is 2.18 bits per heavy atom. The van der Waals surface area contributed by atoms with E-state index in [0.717, 1.165) is 0 Å². The topological polar surface area (TPSA) is 106 Å². The number of hydrogen-bond acceptors (Lipinski definition) is 5. The lowest BCUT2D eigenvalue weighted by Gasteiger charge is -2.05. The van der Waals surface area contributed by atoms with Gasteiger partial charge in [0.15, 0.2) is 0 Å². The number of nitrogens with two attached hydrogens (primary N) is 1. The fourth-order valence-corrected chi connectivity index (χ4v) is 1.31. The number of esters is 1. The van der Waals surface area contributed by atoms with Gasteiger partial charge < -0.3 is 25.5 Å². The highest BCUT2D eigenvalue weighted by atomic mass is 16.5. The fourth-order valence-electron chi connectivity index (χ4n) is 1.31. The molecular weight excluding hydrogens is 226 g/mol. The summed E-state index contributed by atoms with van der Waals surface area (Å²) in [5, 5.41) is 2.57. The second-order valence-electron chi connectivity index (χ2n) is 3.23. The van der Waals surface area contributed by atoms with E-state index in [1.54, 1.807) is 0 Å². The minimum atomic E-state index is -0.616. The largest absolute Gasteiger partial charge is 0.465 e. The maximum Gasteiger partial charge on any atom is 0.340 e. The van der Waals surface area contributed by atoms with Gasteiger partial charge >= 0.3 is 5.97 Å². The molecule has 1 amide bonds. The van der Waals surface area contributed by atoms with Gasteiger partial charge in [-0.2, -0.15) is 0 Å². The highest BCUT2D eigenvalue weighted by Crippen LogP contribution is 2.16. The number of rotatable bonds is 5. The van der Waals surface area contributed by atoms with Crippen LogP contribution < -0.4 is 11.1 Å². The Balaban J connectivity index is 2.84. The molecule has 1 heterocycles. The molecule has 1 aromatic rings. The Labute approximate surface area is 98.3 Å². The molecule has 0 aliphatic heterocycles. The van der Waals surface area contributed by atoms with Crippen LogP contribution in [0.3, 0.4) is 0 Å². The second kappa shape index (κ2) is 5.90. The van der Waals surface area contributed by atoms with Crippen LogP contribution in [0.1, 0.15) is 20.7 Å². The molecule has 0 fully saturated rings. The number of ether oxygens (including phenoxy) is 2. The molecule has 0 bridgehead atoms. The van der Waals surface area contributed by atoms with E-state index in [0.29, 0.717) is 13.2 Å². The van der Waals surface area contributed by atoms with E-state index in [4.69, 9.17) is 10.5 Å². The maximum absolute atomic E-state index is 11.8. The van der Waals surface area contributed by atoms with Gasteiger partial charge in [-0.15, -0.1) is 0 Å². The predicted octanol–water partition coefficient (Wildman–Crippen LogP) is -0.240. The molecule has 94 valence electrons. The zero-order valence-electron chi connectivity index (χ0n) is 9.70.